The first kappa shape index (κ1) is 7.17. The van der Waals surface area contributed by atoms with Gasteiger partial charge in [-0.25, -0.2) is 4.98 Å². The van der Waals surface area contributed by atoms with E-state index in [4.69, 9.17) is 5.73 Å². The summed E-state index contributed by atoms with van der Waals surface area (Å²) >= 11 is 1.44. The van der Waals surface area contributed by atoms with E-state index in [0.29, 0.717) is 5.13 Å². The van der Waals surface area contributed by atoms with Crippen LogP contribution in [0.5, 0.6) is 0 Å². The summed E-state index contributed by atoms with van der Waals surface area (Å²) in [7, 11) is 0. The van der Waals surface area contributed by atoms with Crippen LogP contribution < -0.4 is 5.73 Å². The molecule has 0 aliphatic carbocycles. The molecule has 0 saturated carbocycles. The Morgan fingerprint density at radius 2 is 2.17 bits per heavy atom. The molecule has 2 heterocycles. The van der Waals surface area contributed by atoms with Gasteiger partial charge in [-0.05, 0) is 6.07 Å². The minimum absolute atomic E-state index is 0.571. The minimum Gasteiger partial charge on any atom is -0.375 e. The number of nitrogen functional groups attached to an aromatic ring is 1. The molecule has 0 bridgehead atoms. The normalized spacial score (nSPS) is 10.0. The molecule has 0 radical (unpaired) electrons. The number of hydrogen-bond acceptors (Lipinski definition) is 5. The first-order valence-corrected chi connectivity index (χ1v) is 4.16. The van der Waals surface area contributed by atoms with Gasteiger partial charge in [-0.1, -0.05) is 11.3 Å². The molecule has 0 atom stereocenters. The number of nitrogens with zero attached hydrogens (tertiary/aromatic N) is 3. The topological polar surface area (TPSA) is 64.7 Å². The smallest absolute Gasteiger partial charge is 0.180 e. The highest BCUT2D eigenvalue weighted by Crippen LogP contribution is 2.25. The van der Waals surface area contributed by atoms with Crippen LogP contribution in [0, 0.1) is 0 Å². The number of hydrogen-bond donors (Lipinski definition) is 1. The Hall–Kier alpha value is -1.49. The zero-order valence-electron chi connectivity index (χ0n) is 6.14. The fourth-order valence-electron chi connectivity index (χ4n) is 0.858. The molecule has 0 amide bonds. The van der Waals surface area contributed by atoms with Crippen LogP contribution in [0.4, 0.5) is 5.13 Å². The molecule has 0 fully saturated rings. The number of rotatable bonds is 1. The maximum absolute atomic E-state index is 5.49. The third kappa shape index (κ3) is 1.26. The maximum Gasteiger partial charge on any atom is 0.180 e. The zero-order chi connectivity index (χ0) is 8.39. The fourth-order valence-corrected chi connectivity index (χ4v) is 1.53. The van der Waals surface area contributed by atoms with Crippen molar-refractivity contribution in [3.05, 3.63) is 24.7 Å². The maximum atomic E-state index is 5.49. The van der Waals surface area contributed by atoms with Gasteiger partial charge in [0.25, 0.3) is 0 Å². The Labute approximate surface area is 73.1 Å². The summed E-state index contributed by atoms with van der Waals surface area (Å²) in [5, 5.41) is 8.01. The summed E-state index contributed by atoms with van der Waals surface area (Å²) in [6.45, 7) is 0. The van der Waals surface area contributed by atoms with E-state index in [-0.39, 0.29) is 0 Å². The summed E-state index contributed by atoms with van der Waals surface area (Å²) in [5.74, 6) is 0. The van der Waals surface area contributed by atoms with Crippen molar-refractivity contribution < 1.29 is 0 Å². The van der Waals surface area contributed by atoms with Gasteiger partial charge in [-0.2, -0.15) is 10.2 Å². The quantitative estimate of drug-likeness (QED) is 0.712. The van der Waals surface area contributed by atoms with E-state index in [1.165, 1.54) is 11.3 Å². The molecule has 0 saturated heterocycles. The van der Waals surface area contributed by atoms with Gasteiger partial charge in [-0.15, -0.1) is 0 Å². The molecule has 0 aromatic carbocycles. The first-order valence-electron chi connectivity index (χ1n) is 3.34. The molecule has 0 aliphatic rings. The van der Waals surface area contributed by atoms with E-state index in [1.807, 2.05) is 6.07 Å². The predicted octanol–water partition coefficient (Wildman–Crippen LogP) is 1.18. The Balaban J connectivity index is 2.45. The van der Waals surface area contributed by atoms with E-state index in [9.17, 15) is 0 Å². The molecule has 2 aromatic heterocycles. The second kappa shape index (κ2) is 2.86. The Morgan fingerprint density at radius 1 is 1.25 bits per heavy atom. The lowest BCUT2D eigenvalue weighted by molar-refractivity contribution is 1.03. The van der Waals surface area contributed by atoms with Crippen LogP contribution in [0.3, 0.4) is 0 Å². The summed E-state index contributed by atoms with van der Waals surface area (Å²) in [6.07, 6.45) is 5.06. The second-order valence-corrected chi connectivity index (χ2v) is 3.26. The van der Waals surface area contributed by atoms with Crippen molar-refractivity contribution in [3.63, 3.8) is 0 Å². The van der Waals surface area contributed by atoms with Gasteiger partial charge in [-0.3, -0.25) is 0 Å². The molecular formula is C7H6N4S. The number of anilines is 1. The Bertz CT molecular complexity index is 370. The highest BCUT2D eigenvalue weighted by atomic mass is 32.1. The molecule has 2 aromatic rings. The average molecular weight is 178 g/mol. The third-order valence-corrected chi connectivity index (χ3v) is 2.27. The van der Waals surface area contributed by atoms with Crippen molar-refractivity contribution >= 4 is 16.5 Å². The monoisotopic (exact) mass is 178 g/mol. The molecule has 5 heteroatoms. The van der Waals surface area contributed by atoms with Crippen molar-refractivity contribution in [1.29, 1.82) is 0 Å². The molecule has 0 aliphatic heterocycles. The van der Waals surface area contributed by atoms with Crippen LogP contribution in [0.15, 0.2) is 24.7 Å². The highest BCUT2D eigenvalue weighted by Gasteiger charge is 2.00. The van der Waals surface area contributed by atoms with Gasteiger partial charge in [0.05, 0.1) is 17.3 Å². The van der Waals surface area contributed by atoms with Gasteiger partial charge in [0.15, 0.2) is 5.13 Å². The lowest BCUT2D eigenvalue weighted by atomic mass is 10.3. The van der Waals surface area contributed by atoms with Crippen LogP contribution >= 0.6 is 11.3 Å². The van der Waals surface area contributed by atoms with E-state index in [0.717, 1.165) is 10.4 Å². The zero-order valence-corrected chi connectivity index (χ0v) is 6.95. The van der Waals surface area contributed by atoms with Crippen molar-refractivity contribution in [3.8, 4) is 10.4 Å². The molecule has 0 unspecified atom stereocenters. The third-order valence-electron chi connectivity index (χ3n) is 1.39. The fraction of sp³-hybridized carbons (Fsp3) is 0. The summed E-state index contributed by atoms with van der Waals surface area (Å²) < 4.78 is 0. The van der Waals surface area contributed by atoms with Crippen molar-refractivity contribution in [2.75, 3.05) is 5.73 Å². The van der Waals surface area contributed by atoms with E-state index < -0.39 is 0 Å². The number of thiazole rings is 1. The molecule has 60 valence electrons. The van der Waals surface area contributed by atoms with Gasteiger partial charge in [0.1, 0.15) is 0 Å². The highest BCUT2D eigenvalue weighted by molar-refractivity contribution is 7.18. The van der Waals surface area contributed by atoms with Gasteiger partial charge in [0, 0.05) is 11.8 Å². The second-order valence-electron chi connectivity index (χ2n) is 2.19. The van der Waals surface area contributed by atoms with Crippen LogP contribution in [0.1, 0.15) is 0 Å². The van der Waals surface area contributed by atoms with E-state index in [1.54, 1.807) is 18.6 Å². The molecule has 4 nitrogen and oxygen atoms in total. The summed E-state index contributed by atoms with van der Waals surface area (Å²) in [6, 6.07) is 1.87. The van der Waals surface area contributed by atoms with Crippen molar-refractivity contribution in [2.45, 2.75) is 0 Å². The van der Waals surface area contributed by atoms with Crippen LogP contribution in [-0.2, 0) is 0 Å². The molecule has 12 heavy (non-hydrogen) atoms. The van der Waals surface area contributed by atoms with Crippen LogP contribution in [0.2, 0.25) is 0 Å². The molecular weight excluding hydrogens is 172 g/mol. The minimum atomic E-state index is 0.571. The van der Waals surface area contributed by atoms with E-state index in [2.05, 4.69) is 15.2 Å². The van der Waals surface area contributed by atoms with Gasteiger partial charge < -0.3 is 5.73 Å². The van der Waals surface area contributed by atoms with Crippen LogP contribution in [0.25, 0.3) is 10.4 Å². The summed E-state index contributed by atoms with van der Waals surface area (Å²) in [4.78, 5) is 4.96. The molecule has 2 N–H and O–H groups in total. The Morgan fingerprint density at radius 3 is 2.75 bits per heavy atom. The van der Waals surface area contributed by atoms with Crippen molar-refractivity contribution in [2.24, 2.45) is 0 Å². The first-order chi connectivity index (χ1) is 5.86. The number of nitrogens with two attached hydrogens (primary N) is 1. The Kier molecular flexibility index (Phi) is 1.71. The average Bonchev–Trinajstić information content (AvgIpc) is 2.54. The molecule has 0 spiro atoms. The summed E-state index contributed by atoms with van der Waals surface area (Å²) in [5.41, 5.74) is 6.49. The lowest BCUT2D eigenvalue weighted by Crippen LogP contribution is -1.78. The standard InChI is InChI=1S/C7H6N4S/c8-7-9-4-6(12-7)5-1-2-10-11-3-5/h1-4H,(H2,8,9). The van der Waals surface area contributed by atoms with Gasteiger partial charge in [0.2, 0.25) is 0 Å². The van der Waals surface area contributed by atoms with Crippen LogP contribution in [-0.4, -0.2) is 15.2 Å². The van der Waals surface area contributed by atoms with Gasteiger partial charge >= 0.3 is 0 Å². The van der Waals surface area contributed by atoms with Crippen molar-refractivity contribution in [1.82, 2.24) is 15.2 Å². The largest absolute Gasteiger partial charge is 0.375 e. The predicted molar refractivity (Wildman–Crippen MR) is 47.6 cm³/mol. The lowest BCUT2D eigenvalue weighted by Gasteiger charge is -1.90. The molecule has 2 rings (SSSR count). The SMILES string of the molecule is Nc1ncc(-c2ccnnc2)s1. The van der Waals surface area contributed by atoms with E-state index >= 15 is 0 Å². The number of aromatic nitrogens is 3.